The summed E-state index contributed by atoms with van der Waals surface area (Å²) in [5, 5.41) is 8.76. The van der Waals surface area contributed by atoms with E-state index in [1.54, 1.807) is 12.3 Å². The second kappa shape index (κ2) is 6.55. The van der Waals surface area contributed by atoms with E-state index in [9.17, 15) is 0 Å². The summed E-state index contributed by atoms with van der Waals surface area (Å²) in [5.41, 5.74) is 3.59. The number of hydrogen-bond donors (Lipinski definition) is 0. The van der Waals surface area contributed by atoms with E-state index in [2.05, 4.69) is 4.98 Å². The molecule has 3 aromatic rings. The van der Waals surface area contributed by atoms with Crippen LogP contribution in [0.3, 0.4) is 0 Å². The molecule has 1 aromatic heterocycles. The Morgan fingerprint density at radius 2 is 1.59 bits per heavy atom. The van der Waals surface area contributed by atoms with Crippen LogP contribution in [-0.4, -0.2) is 4.98 Å². The molecule has 0 spiro atoms. The Morgan fingerprint density at radius 1 is 0.864 bits per heavy atom. The molecule has 0 bridgehead atoms. The van der Waals surface area contributed by atoms with E-state index in [0.29, 0.717) is 12.3 Å². The van der Waals surface area contributed by atoms with Crippen molar-refractivity contribution in [3.63, 3.8) is 0 Å². The van der Waals surface area contributed by atoms with Crippen LogP contribution in [0.15, 0.2) is 72.9 Å². The Kier molecular flexibility index (Phi) is 4.12. The number of hydrogen-bond acceptors (Lipinski definition) is 3. The molecule has 2 aromatic carbocycles. The van der Waals surface area contributed by atoms with Gasteiger partial charge in [-0.15, -0.1) is 0 Å². The molecule has 3 rings (SSSR count). The molecule has 3 nitrogen and oxygen atoms in total. The maximum absolute atomic E-state index is 8.76. The van der Waals surface area contributed by atoms with Crippen molar-refractivity contribution < 1.29 is 4.74 Å². The normalized spacial score (nSPS) is 9.95. The van der Waals surface area contributed by atoms with Gasteiger partial charge in [0.05, 0.1) is 0 Å². The number of ether oxygens (including phenoxy) is 1. The molecular weight excluding hydrogens is 272 g/mol. The van der Waals surface area contributed by atoms with Gasteiger partial charge in [0, 0.05) is 11.8 Å². The standard InChI is InChI=1S/C19H14N2O/c20-12-18-9-6-17(13-21-18)16-7-10-19(11-8-16)22-14-15-4-2-1-3-5-15/h1-11,13H,14H2. The van der Waals surface area contributed by atoms with E-state index >= 15 is 0 Å². The van der Waals surface area contributed by atoms with Gasteiger partial charge in [-0.3, -0.25) is 0 Å². The smallest absolute Gasteiger partial charge is 0.140 e. The van der Waals surface area contributed by atoms with Crippen LogP contribution in [0.4, 0.5) is 0 Å². The van der Waals surface area contributed by atoms with Gasteiger partial charge in [-0.05, 0) is 35.4 Å². The molecule has 0 aliphatic rings. The molecule has 0 atom stereocenters. The Labute approximate surface area is 129 Å². The lowest BCUT2D eigenvalue weighted by Gasteiger charge is -2.07. The zero-order valence-corrected chi connectivity index (χ0v) is 11.9. The molecular formula is C19H14N2O. The van der Waals surface area contributed by atoms with Crippen LogP contribution in [0, 0.1) is 11.3 Å². The molecule has 106 valence electrons. The molecule has 22 heavy (non-hydrogen) atoms. The fourth-order valence-electron chi connectivity index (χ4n) is 2.12. The van der Waals surface area contributed by atoms with Gasteiger partial charge in [-0.25, -0.2) is 4.98 Å². The van der Waals surface area contributed by atoms with Gasteiger partial charge in [0.15, 0.2) is 0 Å². The van der Waals surface area contributed by atoms with Crippen LogP contribution in [0.5, 0.6) is 5.75 Å². The van der Waals surface area contributed by atoms with Crippen molar-refractivity contribution in [3.05, 3.63) is 84.2 Å². The predicted octanol–water partition coefficient (Wildman–Crippen LogP) is 4.20. The Bertz CT molecular complexity index is 772. The second-order valence-corrected chi connectivity index (χ2v) is 4.84. The summed E-state index contributed by atoms with van der Waals surface area (Å²) >= 11 is 0. The number of nitriles is 1. The third kappa shape index (κ3) is 3.31. The van der Waals surface area contributed by atoms with Gasteiger partial charge >= 0.3 is 0 Å². The van der Waals surface area contributed by atoms with Crippen molar-refractivity contribution in [2.75, 3.05) is 0 Å². The highest BCUT2D eigenvalue weighted by molar-refractivity contribution is 5.63. The summed E-state index contributed by atoms with van der Waals surface area (Å²) in [7, 11) is 0. The molecule has 0 fully saturated rings. The maximum Gasteiger partial charge on any atom is 0.140 e. The summed E-state index contributed by atoms with van der Waals surface area (Å²) in [5.74, 6) is 0.828. The van der Waals surface area contributed by atoms with Gasteiger partial charge in [0.2, 0.25) is 0 Å². The summed E-state index contributed by atoms with van der Waals surface area (Å²) in [6.45, 7) is 0.554. The quantitative estimate of drug-likeness (QED) is 0.722. The van der Waals surface area contributed by atoms with E-state index in [-0.39, 0.29) is 0 Å². The Morgan fingerprint density at radius 3 is 2.23 bits per heavy atom. The summed E-state index contributed by atoms with van der Waals surface area (Å²) < 4.78 is 5.76. The van der Waals surface area contributed by atoms with Crippen molar-refractivity contribution in [2.24, 2.45) is 0 Å². The molecule has 0 saturated carbocycles. The molecule has 3 heteroatoms. The van der Waals surface area contributed by atoms with Crippen molar-refractivity contribution in [1.82, 2.24) is 4.98 Å². The summed E-state index contributed by atoms with van der Waals surface area (Å²) in [6.07, 6.45) is 1.71. The lowest BCUT2D eigenvalue weighted by atomic mass is 10.1. The average Bonchev–Trinajstić information content (AvgIpc) is 2.61. The fraction of sp³-hybridized carbons (Fsp3) is 0.0526. The van der Waals surface area contributed by atoms with Gasteiger partial charge in [0.1, 0.15) is 24.1 Å². The Balaban J connectivity index is 1.68. The first-order valence-corrected chi connectivity index (χ1v) is 6.98. The molecule has 0 N–H and O–H groups in total. The molecule has 0 saturated heterocycles. The number of rotatable bonds is 4. The SMILES string of the molecule is N#Cc1ccc(-c2ccc(OCc3ccccc3)cc2)cn1. The highest BCUT2D eigenvalue weighted by atomic mass is 16.5. The minimum absolute atomic E-state index is 0.423. The van der Waals surface area contributed by atoms with E-state index < -0.39 is 0 Å². The third-order valence-corrected chi connectivity index (χ3v) is 3.31. The first-order valence-electron chi connectivity index (χ1n) is 6.98. The molecule has 0 aliphatic heterocycles. The van der Waals surface area contributed by atoms with Crippen molar-refractivity contribution in [2.45, 2.75) is 6.61 Å². The van der Waals surface area contributed by atoms with Gasteiger partial charge in [-0.2, -0.15) is 5.26 Å². The zero-order chi connectivity index (χ0) is 15.2. The fourth-order valence-corrected chi connectivity index (χ4v) is 2.12. The third-order valence-electron chi connectivity index (χ3n) is 3.31. The largest absolute Gasteiger partial charge is 0.489 e. The van der Waals surface area contributed by atoms with Crippen molar-refractivity contribution >= 4 is 0 Å². The monoisotopic (exact) mass is 286 g/mol. The predicted molar refractivity (Wildman–Crippen MR) is 85.2 cm³/mol. The Hall–Kier alpha value is -3.12. The van der Waals surface area contributed by atoms with E-state index in [0.717, 1.165) is 22.4 Å². The highest BCUT2D eigenvalue weighted by Crippen LogP contribution is 2.22. The van der Waals surface area contributed by atoms with Gasteiger partial charge < -0.3 is 4.74 Å². The highest BCUT2D eigenvalue weighted by Gasteiger charge is 2.00. The van der Waals surface area contributed by atoms with Crippen LogP contribution in [0.1, 0.15) is 11.3 Å². The van der Waals surface area contributed by atoms with Crippen LogP contribution < -0.4 is 4.74 Å². The summed E-state index contributed by atoms with van der Waals surface area (Å²) in [6, 6.07) is 23.6. The molecule has 0 unspecified atom stereocenters. The summed E-state index contributed by atoms with van der Waals surface area (Å²) in [4.78, 5) is 4.08. The van der Waals surface area contributed by atoms with Gasteiger partial charge in [0.25, 0.3) is 0 Å². The van der Waals surface area contributed by atoms with Crippen LogP contribution in [-0.2, 0) is 6.61 Å². The topological polar surface area (TPSA) is 45.9 Å². The first kappa shape index (κ1) is 13.8. The second-order valence-electron chi connectivity index (χ2n) is 4.84. The molecule has 0 radical (unpaired) electrons. The van der Waals surface area contributed by atoms with E-state index in [1.165, 1.54) is 0 Å². The number of benzene rings is 2. The van der Waals surface area contributed by atoms with Gasteiger partial charge in [-0.1, -0.05) is 42.5 Å². The number of aromatic nitrogens is 1. The first-order chi connectivity index (χ1) is 10.8. The van der Waals surface area contributed by atoms with E-state index in [4.69, 9.17) is 10.00 Å². The minimum atomic E-state index is 0.423. The number of nitrogens with zero attached hydrogens (tertiary/aromatic N) is 2. The molecule has 1 heterocycles. The maximum atomic E-state index is 8.76. The van der Waals surface area contributed by atoms with Crippen molar-refractivity contribution in [3.8, 4) is 22.9 Å². The minimum Gasteiger partial charge on any atom is -0.489 e. The molecule has 0 amide bonds. The zero-order valence-electron chi connectivity index (χ0n) is 11.9. The molecule has 0 aliphatic carbocycles. The average molecular weight is 286 g/mol. The van der Waals surface area contributed by atoms with Crippen LogP contribution >= 0.6 is 0 Å². The van der Waals surface area contributed by atoms with Crippen LogP contribution in [0.25, 0.3) is 11.1 Å². The lowest BCUT2D eigenvalue weighted by Crippen LogP contribution is -1.94. The van der Waals surface area contributed by atoms with Crippen LogP contribution in [0.2, 0.25) is 0 Å². The van der Waals surface area contributed by atoms with E-state index in [1.807, 2.05) is 66.7 Å². The number of pyridine rings is 1. The lowest BCUT2D eigenvalue weighted by molar-refractivity contribution is 0.306. The van der Waals surface area contributed by atoms with Crippen molar-refractivity contribution in [1.29, 1.82) is 5.26 Å².